The number of nitrogens with zero attached hydrogens (tertiary/aromatic N) is 3. The van der Waals surface area contributed by atoms with Crippen molar-refractivity contribution in [3.8, 4) is 0 Å². The third-order valence-electron chi connectivity index (χ3n) is 4.73. The maximum atomic E-state index is 12.5. The van der Waals surface area contributed by atoms with Crippen LogP contribution in [0.3, 0.4) is 0 Å². The molecule has 24 heavy (non-hydrogen) atoms. The smallest absolute Gasteiger partial charge is 0.409 e. The molecule has 1 aromatic carbocycles. The minimum atomic E-state index is -0.234. The summed E-state index contributed by atoms with van der Waals surface area (Å²) in [6.07, 6.45) is 1.23. The summed E-state index contributed by atoms with van der Waals surface area (Å²) in [4.78, 5) is 30.1. The summed E-state index contributed by atoms with van der Waals surface area (Å²) >= 11 is 0. The van der Waals surface area contributed by atoms with E-state index in [-0.39, 0.29) is 12.0 Å². The Morgan fingerprint density at radius 2 is 1.83 bits per heavy atom. The van der Waals surface area contributed by atoms with E-state index < -0.39 is 0 Å². The van der Waals surface area contributed by atoms with E-state index in [2.05, 4.69) is 11.0 Å². The van der Waals surface area contributed by atoms with Gasteiger partial charge in [-0.05, 0) is 25.0 Å². The SMILES string of the molecule is CCOC(=O)N1CCN(CCC(=O)N2CCc3ccccc32)CC1. The fourth-order valence-electron chi connectivity index (χ4n) is 3.35. The Balaban J connectivity index is 1.44. The molecule has 2 amide bonds. The molecule has 2 aliphatic heterocycles. The summed E-state index contributed by atoms with van der Waals surface area (Å²) in [6, 6.07) is 8.13. The van der Waals surface area contributed by atoms with E-state index in [9.17, 15) is 9.59 Å². The van der Waals surface area contributed by atoms with E-state index in [0.29, 0.717) is 26.1 Å². The van der Waals surface area contributed by atoms with Crippen LogP contribution in [0.15, 0.2) is 24.3 Å². The number of piperazine rings is 1. The van der Waals surface area contributed by atoms with Gasteiger partial charge >= 0.3 is 6.09 Å². The van der Waals surface area contributed by atoms with Gasteiger partial charge < -0.3 is 14.5 Å². The van der Waals surface area contributed by atoms with Gasteiger partial charge in [-0.15, -0.1) is 0 Å². The average molecular weight is 331 g/mol. The number of rotatable bonds is 4. The highest BCUT2D eigenvalue weighted by molar-refractivity contribution is 5.95. The summed E-state index contributed by atoms with van der Waals surface area (Å²) in [7, 11) is 0. The summed E-state index contributed by atoms with van der Waals surface area (Å²) in [6.45, 7) is 6.68. The molecule has 3 rings (SSSR count). The monoisotopic (exact) mass is 331 g/mol. The van der Waals surface area contributed by atoms with Crippen LogP contribution >= 0.6 is 0 Å². The van der Waals surface area contributed by atoms with Gasteiger partial charge in [0.1, 0.15) is 0 Å². The molecule has 0 N–H and O–H groups in total. The molecule has 2 heterocycles. The van der Waals surface area contributed by atoms with Gasteiger partial charge in [0.2, 0.25) is 5.91 Å². The number of hydrogen-bond donors (Lipinski definition) is 0. The molecular formula is C18H25N3O3. The molecule has 2 aliphatic rings. The molecule has 1 fully saturated rings. The minimum absolute atomic E-state index is 0.188. The Morgan fingerprint density at radius 1 is 1.08 bits per heavy atom. The van der Waals surface area contributed by atoms with E-state index >= 15 is 0 Å². The van der Waals surface area contributed by atoms with Crippen LogP contribution in [0.1, 0.15) is 18.9 Å². The van der Waals surface area contributed by atoms with Gasteiger partial charge in [-0.3, -0.25) is 9.69 Å². The fraction of sp³-hybridized carbons (Fsp3) is 0.556. The predicted molar refractivity (Wildman–Crippen MR) is 92.2 cm³/mol. The lowest BCUT2D eigenvalue weighted by Gasteiger charge is -2.34. The number of ether oxygens (including phenoxy) is 1. The second kappa shape index (κ2) is 7.66. The first-order valence-electron chi connectivity index (χ1n) is 8.71. The van der Waals surface area contributed by atoms with Crippen molar-refractivity contribution < 1.29 is 14.3 Å². The highest BCUT2D eigenvalue weighted by Crippen LogP contribution is 2.27. The van der Waals surface area contributed by atoms with E-state index in [1.165, 1.54) is 5.56 Å². The molecule has 0 unspecified atom stereocenters. The first-order chi connectivity index (χ1) is 11.7. The molecule has 0 aromatic heterocycles. The number of benzene rings is 1. The van der Waals surface area contributed by atoms with Crippen molar-refractivity contribution in [2.75, 3.05) is 50.8 Å². The van der Waals surface area contributed by atoms with Crippen LogP contribution < -0.4 is 4.90 Å². The number of carbonyl (C=O) groups excluding carboxylic acids is 2. The molecule has 1 saturated heterocycles. The Morgan fingerprint density at radius 3 is 2.58 bits per heavy atom. The Kier molecular flexibility index (Phi) is 5.35. The third-order valence-corrected chi connectivity index (χ3v) is 4.73. The molecule has 0 bridgehead atoms. The van der Waals surface area contributed by atoms with Crippen LogP contribution in [0.4, 0.5) is 10.5 Å². The molecule has 0 saturated carbocycles. The van der Waals surface area contributed by atoms with Gasteiger partial charge in [-0.2, -0.15) is 0 Å². The molecular weight excluding hydrogens is 306 g/mol. The molecule has 0 atom stereocenters. The van der Waals surface area contributed by atoms with Gasteiger partial charge in [0.05, 0.1) is 6.61 Å². The zero-order valence-corrected chi connectivity index (χ0v) is 14.2. The Labute approximate surface area is 143 Å². The van der Waals surface area contributed by atoms with Crippen molar-refractivity contribution in [3.05, 3.63) is 29.8 Å². The lowest BCUT2D eigenvalue weighted by atomic mass is 10.2. The molecule has 1 aromatic rings. The lowest BCUT2D eigenvalue weighted by Crippen LogP contribution is -2.49. The van der Waals surface area contributed by atoms with Gasteiger partial charge in [0, 0.05) is 51.4 Å². The number of fused-ring (bicyclic) bond motifs is 1. The number of anilines is 1. The number of hydrogen-bond acceptors (Lipinski definition) is 4. The summed E-state index contributed by atoms with van der Waals surface area (Å²) in [5, 5.41) is 0. The zero-order chi connectivity index (χ0) is 16.9. The van der Waals surface area contributed by atoms with Gasteiger partial charge in [-0.1, -0.05) is 18.2 Å². The first-order valence-corrected chi connectivity index (χ1v) is 8.71. The number of para-hydroxylation sites is 1. The third kappa shape index (κ3) is 3.70. The van der Waals surface area contributed by atoms with Crippen molar-refractivity contribution in [1.82, 2.24) is 9.80 Å². The first kappa shape index (κ1) is 16.8. The largest absolute Gasteiger partial charge is 0.450 e. The van der Waals surface area contributed by atoms with E-state index in [1.54, 1.807) is 4.90 Å². The van der Waals surface area contributed by atoms with Crippen LogP contribution in [0.5, 0.6) is 0 Å². The minimum Gasteiger partial charge on any atom is -0.450 e. The number of amides is 2. The summed E-state index contributed by atoms with van der Waals surface area (Å²) in [5.74, 6) is 0.188. The summed E-state index contributed by atoms with van der Waals surface area (Å²) in [5.41, 5.74) is 2.32. The predicted octanol–water partition coefficient (Wildman–Crippen LogP) is 1.74. The van der Waals surface area contributed by atoms with Crippen molar-refractivity contribution in [2.24, 2.45) is 0 Å². The summed E-state index contributed by atoms with van der Waals surface area (Å²) < 4.78 is 5.02. The van der Waals surface area contributed by atoms with Crippen LogP contribution in [0, 0.1) is 0 Å². The fourth-order valence-corrected chi connectivity index (χ4v) is 3.35. The Hall–Kier alpha value is -2.08. The van der Waals surface area contributed by atoms with Crippen molar-refractivity contribution >= 4 is 17.7 Å². The number of carbonyl (C=O) groups is 2. The maximum absolute atomic E-state index is 12.5. The van der Waals surface area contributed by atoms with Gasteiger partial charge in [-0.25, -0.2) is 4.79 Å². The van der Waals surface area contributed by atoms with Gasteiger partial charge in [0.25, 0.3) is 0 Å². The Bertz CT molecular complexity index is 597. The normalized spacial score (nSPS) is 17.7. The van der Waals surface area contributed by atoms with E-state index in [1.807, 2.05) is 30.0 Å². The second-order valence-electron chi connectivity index (χ2n) is 6.20. The molecule has 0 radical (unpaired) electrons. The highest BCUT2D eigenvalue weighted by Gasteiger charge is 2.26. The van der Waals surface area contributed by atoms with Gasteiger partial charge in [0.15, 0.2) is 0 Å². The lowest BCUT2D eigenvalue weighted by molar-refractivity contribution is -0.118. The zero-order valence-electron chi connectivity index (χ0n) is 14.2. The quantitative estimate of drug-likeness (QED) is 0.843. The highest BCUT2D eigenvalue weighted by atomic mass is 16.6. The molecule has 0 spiro atoms. The van der Waals surface area contributed by atoms with Crippen molar-refractivity contribution in [2.45, 2.75) is 19.8 Å². The molecule has 6 heteroatoms. The van der Waals surface area contributed by atoms with Crippen LogP contribution in [0.2, 0.25) is 0 Å². The van der Waals surface area contributed by atoms with Crippen molar-refractivity contribution in [3.63, 3.8) is 0 Å². The van der Waals surface area contributed by atoms with E-state index in [4.69, 9.17) is 4.74 Å². The average Bonchev–Trinajstić information content (AvgIpc) is 3.04. The second-order valence-corrected chi connectivity index (χ2v) is 6.20. The molecule has 6 nitrogen and oxygen atoms in total. The maximum Gasteiger partial charge on any atom is 0.409 e. The topological polar surface area (TPSA) is 53.1 Å². The van der Waals surface area contributed by atoms with E-state index in [0.717, 1.165) is 38.3 Å². The molecule has 130 valence electrons. The van der Waals surface area contributed by atoms with Crippen LogP contribution in [-0.2, 0) is 16.0 Å². The van der Waals surface area contributed by atoms with Crippen molar-refractivity contribution in [1.29, 1.82) is 0 Å². The van der Waals surface area contributed by atoms with Crippen LogP contribution in [0.25, 0.3) is 0 Å². The van der Waals surface area contributed by atoms with Crippen LogP contribution in [-0.4, -0.2) is 67.7 Å². The standard InChI is InChI=1S/C18H25N3O3/c1-2-24-18(23)20-13-11-19(12-14-20)9-8-17(22)21-10-7-15-5-3-4-6-16(15)21/h3-6H,2,7-14H2,1H3. The molecule has 0 aliphatic carbocycles.